The second-order valence-corrected chi connectivity index (χ2v) is 5.44. The molecular formula is C18H14N6O. The van der Waals surface area contributed by atoms with Crippen LogP contribution >= 0.6 is 0 Å². The summed E-state index contributed by atoms with van der Waals surface area (Å²) in [7, 11) is 0. The maximum atomic E-state index is 11.4. The molecule has 0 radical (unpaired) electrons. The predicted octanol–water partition coefficient (Wildman–Crippen LogP) is 2.66. The first-order chi connectivity index (χ1) is 12.2. The number of hydrogen-bond donors (Lipinski definition) is 2. The molecule has 0 aliphatic rings. The molecular weight excluding hydrogens is 316 g/mol. The summed E-state index contributed by atoms with van der Waals surface area (Å²) in [6.07, 6.45) is 4.92. The number of amides is 1. The molecule has 25 heavy (non-hydrogen) atoms. The van der Waals surface area contributed by atoms with E-state index < -0.39 is 5.91 Å². The van der Waals surface area contributed by atoms with Crippen LogP contribution in [0, 0.1) is 0 Å². The van der Waals surface area contributed by atoms with Crippen LogP contribution in [0.3, 0.4) is 0 Å². The molecule has 122 valence electrons. The maximum Gasteiger partial charge on any atom is 0.248 e. The van der Waals surface area contributed by atoms with E-state index in [1.54, 1.807) is 41.5 Å². The van der Waals surface area contributed by atoms with Crippen molar-refractivity contribution in [1.29, 1.82) is 0 Å². The number of nitrogens with one attached hydrogen (secondary N) is 1. The zero-order valence-electron chi connectivity index (χ0n) is 13.1. The molecule has 2 aromatic carbocycles. The molecule has 7 heteroatoms. The number of carbonyl (C=O) groups excluding carboxylic acids is 1. The van der Waals surface area contributed by atoms with Crippen LogP contribution in [-0.2, 0) is 0 Å². The Morgan fingerprint density at radius 3 is 2.72 bits per heavy atom. The van der Waals surface area contributed by atoms with Crippen molar-refractivity contribution in [2.75, 3.05) is 5.32 Å². The fourth-order valence-corrected chi connectivity index (χ4v) is 2.54. The number of primary amides is 1. The van der Waals surface area contributed by atoms with Crippen LogP contribution in [0.1, 0.15) is 10.4 Å². The van der Waals surface area contributed by atoms with E-state index in [-0.39, 0.29) is 0 Å². The third-order valence-corrected chi connectivity index (χ3v) is 3.75. The van der Waals surface area contributed by atoms with Gasteiger partial charge in [-0.25, -0.2) is 9.97 Å². The number of nitrogens with zero attached hydrogens (tertiary/aromatic N) is 4. The first-order valence-electron chi connectivity index (χ1n) is 7.62. The summed E-state index contributed by atoms with van der Waals surface area (Å²) in [5.41, 5.74) is 8.18. The summed E-state index contributed by atoms with van der Waals surface area (Å²) >= 11 is 0. The molecule has 0 atom stereocenters. The minimum Gasteiger partial charge on any atom is -0.366 e. The number of imidazole rings is 1. The highest BCUT2D eigenvalue weighted by atomic mass is 16.1. The van der Waals surface area contributed by atoms with Gasteiger partial charge in [-0.3, -0.25) is 14.3 Å². The molecule has 0 saturated heterocycles. The van der Waals surface area contributed by atoms with Gasteiger partial charge in [0.25, 0.3) is 0 Å². The molecule has 0 spiro atoms. The van der Waals surface area contributed by atoms with E-state index in [1.165, 1.54) is 0 Å². The van der Waals surface area contributed by atoms with Crippen LogP contribution in [0.2, 0.25) is 0 Å². The van der Waals surface area contributed by atoms with Crippen molar-refractivity contribution in [1.82, 2.24) is 19.5 Å². The van der Waals surface area contributed by atoms with Crippen molar-refractivity contribution in [2.45, 2.75) is 0 Å². The zero-order valence-corrected chi connectivity index (χ0v) is 13.1. The highest BCUT2D eigenvalue weighted by molar-refractivity contribution is 5.96. The largest absolute Gasteiger partial charge is 0.366 e. The Hall–Kier alpha value is -3.74. The van der Waals surface area contributed by atoms with Crippen molar-refractivity contribution in [2.24, 2.45) is 5.73 Å². The third kappa shape index (κ3) is 2.90. The number of rotatable bonds is 4. The van der Waals surface area contributed by atoms with E-state index in [0.717, 1.165) is 16.7 Å². The molecule has 0 saturated carbocycles. The van der Waals surface area contributed by atoms with Gasteiger partial charge < -0.3 is 11.1 Å². The number of benzene rings is 2. The van der Waals surface area contributed by atoms with Crippen LogP contribution in [-0.4, -0.2) is 25.4 Å². The zero-order chi connectivity index (χ0) is 17.2. The molecule has 1 amide bonds. The lowest BCUT2D eigenvalue weighted by Gasteiger charge is -2.08. The molecule has 2 aromatic heterocycles. The molecule has 0 aliphatic carbocycles. The molecule has 0 unspecified atom stereocenters. The van der Waals surface area contributed by atoms with Crippen LogP contribution in [0.25, 0.3) is 16.9 Å². The van der Waals surface area contributed by atoms with Gasteiger partial charge in [0.15, 0.2) is 11.6 Å². The first kappa shape index (κ1) is 14.8. The number of aromatic nitrogens is 4. The van der Waals surface area contributed by atoms with Crippen LogP contribution < -0.4 is 11.1 Å². The lowest BCUT2D eigenvalue weighted by Crippen LogP contribution is -2.10. The molecule has 7 nitrogen and oxygen atoms in total. The Morgan fingerprint density at radius 1 is 1.08 bits per heavy atom. The SMILES string of the molecule is NC(=O)c1ccc2ncn(-c3cncc(Nc4ccccc4)n3)c2c1. The average molecular weight is 330 g/mol. The van der Waals surface area contributed by atoms with Gasteiger partial charge in [0, 0.05) is 11.3 Å². The van der Waals surface area contributed by atoms with Gasteiger partial charge in [-0.2, -0.15) is 0 Å². The summed E-state index contributed by atoms with van der Waals surface area (Å²) in [5, 5.41) is 3.20. The Balaban J connectivity index is 1.75. The molecule has 0 aliphatic heterocycles. The minimum absolute atomic E-state index is 0.417. The van der Waals surface area contributed by atoms with E-state index >= 15 is 0 Å². The van der Waals surface area contributed by atoms with Gasteiger partial charge in [-0.05, 0) is 30.3 Å². The molecule has 0 bridgehead atoms. The Bertz CT molecular complexity index is 1060. The monoisotopic (exact) mass is 330 g/mol. The predicted molar refractivity (Wildman–Crippen MR) is 94.9 cm³/mol. The van der Waals surface area contributed by atoms with Crippen molar-refractivity contribution >= 4 is 28.4 Å². The van der Waals surface area contributed by atoms with Crippen LogP contribution in [0.15, 0.2) is 67.3 Å². The molecule has 4 aromatic rings. The van der Waals surface area contributed by atoms with Crippen LogP contribution in [0.4, 0.5) is 11.5 Å². The normalized spacial score (nSPS) is 10.7. The number of anilines is 2. The van der Waals surface area contributed by atoms with Crippen LogP contribution in [0.5, 0.6) is 0 Å². The fraction of sp³-hybridized carbons (Fsp3) is 0. The molecule has 4 rings (SSSR count). The van der Waals surface area contributed by atoms with Crippen molar-refractivity contribution in [3.05, 3.63) is 72.8 Å². The molecule has 0 fully saturated rings. The van der Waals surface area contributed by atoms with Gasteiger partial charge >= 0.3 is 0 Å². The summed E-state index contributed by atoms with van der Waals surface area (Å²) in [6.45, 7) is 0. The van der Waals surface area contributed by atoms with Gasteiger partial charge in [-0.1, -0.05) is 18.2 Å². The van der Waals surface area contributed by atoms with Gasteiger partial charge in [-0.15, -0.1) is 0 Å². The smallest absolute Gasteiger partial charge is 0.248 e. The number of carbonyl (C=O) groups is 1. The van der Waals surface area contributed by atoms with E-state index in [9.17, 15) is 4.79 Å². The van der Waals surface area contributed by atoms with E-state index in [0.29, 0.717) is 17.2 Å². The third-order valence-electron chi connectivity index (χ3n) is 3.75. The highest BCUT2D eigenvalue weighted by Crippen LogP contribution is 2.20. The fourth-order valence-electron chi connectivity index (χ4n) is 2.54. The van der Waals surface area contributed by atoms with Crippen molar-refractivity contribution in [3.8, 4) is 5.82 Å². The highest BCUT2D eigenvalue weighted by Gasteiger charge is 2.10. The maximum absolute atomic E-state index is 11.4. The van der Waals surface area contributed by atoms with E-state index in [2.05, 4.69) is 20.3 Å². The number of nitrogens with two attached hydrogens (primary N) is 1. The van der Waals surface area contributed by atoms with Gasteiger partial charge in [0.2, 0.25) is 5.91 Å². The van der Waals surface area contributed by atoms with E-state index in [1.807, 2.05) is 30.3 Å². The molecule has 3 N–H and O–H groups in total. The van der Waals surface area contributed by atoms with Crippen molar-refractivity contribution in [3.63, 3.8) is 0 Å². The average Bonchev–Trinajstić information content (AvgIpc) is 3.06. The van der Waals surface area contributed by atoms with Gasteiger partial charge in [0.05, 0.1) is 23.4 Å². The summed E-state index contributed by atoms with van der Waals surface area (Å²) in [4.78, 5) is 24.6. The second kappa shape index (κ2) is 6.04. The lowest BCUT2D eigenvalue weighted by molar-refractivity contribution is 0.100. The summed E-state index contributed by atoms with van der Waals surface area (Å²) < 4.78 is 1.77. The van der Waals surface area contributed by atoms with E-state index in [4.69, 9.17) is 5.73 Å². The Kier molecular flexibility index (Phi) is 3.59. The summed E-state index contributed by atoms with van der Waals surface area (Å²) in [6, 6.07) is 14.8. The topological polar surface area (TPSA) is 98.7 Å². The van der Waals surface area contributed by atoms with Crippen molar-refractivity contribution < 1.29 is 4.79 Å². The first-order valence-corrected chi connectivity index (χ1v) is 7.62. The molecule has 2 heterocycles. The standard InChI is InChI=1S/C18H14N6O/c19-18(25)12-6-7-14-15(8-12)24(11-21-14)17-10-20-9-16(23-17)22-13-4-2-1-3-5-13/h1-11H,(H2,19,25)(H,22,23). The number of hydrogen-bond acceptors (Lipinski definition) is 5. The Labute approximate surface area is 143 Å². The lowest BCUT2D eigenvalue weighted by atomic mass is 10.2. The second-order valence-electron chi connectivity index (χ2n) is 5.44. The number of fused-ring (bicyclic) bond motifs is 1. The Morgan fingerprint density at radius 2 is 1.92 bits per heavy atom. The van der Waals surface area contributed by atoms with Gasteiger partial charge in [0.1, 0.15) is 6.33 Å². The number of para-hydroxylation sites is 1. The minimum atomic E-state index is -0.486. The summed E-state index contributed by atoms with van der Waals surface area (Å²) in [5.74, 6) is 0.710. The quantitative estimate of drug-likeness (QED) is 0.599.